The number of hydrogen-bond donors (Lipinski definition) is 1. The monoisotopic (exact) mass is 384 g/mol. The summed E-state index contributed by atoms with van der Waals surface area (Å²) in [5, 5.41) is 2.25. The number of carbonyl (C=O) groups excluding carboxylic acids is 1. The van der Waals surface area contributed by atoms with Crippen LogP contribution in [-0.2, 0) is 6.42 Å². The largest absolute Gasteiger partial charge is 0.375 e. The molecule has 2 aromatic rings. The molecule has 0 spiro atoms. The maximum Gasteiger partial charge on any atom is 0.273 e. The quantitative estimate of drug-likeness (QED) is 0.831. The number of nitrogen functional groups attached to an aromatic ring is 1. The van der Waals surface area contributed by atoms with Gasteiger partial charge in [0.25, 0.3) is 5.91 Å². The van der Waals surface area contributed by atoms with Gasteiger partial charge >= 0.3 is 0 Å². The minimum Gasteiger partial charge on any atom is -0.375 e. The van der Waals surface area contributed by atoms with Crippen LogP contribution in [0.1, 0.15) is 35.8 Å². The van der Waals surface area contributed by atoms with Gasteiger partial charge in [-0.05, 0) is 37.3 Å². The van der Waals surface area contributed by atoms with Crippen LogP contribution in [0, 0.1) is 11.3 Å². The van der Waals surface area contributed by atoms with Crippen LogP contribution < -0.4 is 5.73 Å². The maximum atomic E-state index is 12.9. The minimum atomic E-state index is 0.0403. The highest BCUT2D eigenvalue weighted by atomic mass is 32.1. The first kappa shape index (κ1) is 18.4. The molecule has 2 aliphatic heterocycles. The molecule has 4 rings (SSSR count). The SMILES string of the molecule is CCCN1CC2CN(C(=O)c3csc(N)n3)CC2(CCc2ccccc2)C1. The van der Waals surface area contributed by atoms with Crippen LogP contribution in [0.4, 0.5) is 5.13 Å². The number of rotatable bonds is 6. The minimum absolute atomic E-state index is 0.0403. The number of aromatic nitrogens is 1. The van der Waals surface area contributed by atoms with Crippen LogP contribution in [0.2, 0.25) is 0 Å². The van der Waals surface area contributed by atoms with Gasteiger partial charge in [-0.25, -0.2) is 4.98 Å². The van der Waals surface area contributed by atoms with Gasteiger partial charge in [0.2, 0.25) is 0 Å². The number of nitrogens with zero attached hydrogens (tertiary/aromatic N) is 3. The molecule has 0 saturated carbocycles. The van der Waals surface area contributed by atoms with E-state index in [1.807, 2.05) is 4.90 Å². The number of thiazole rings is 1. The number of fused-ring (bicyclic) bond motifs is 1. The van der Waals surface area contributed by atoms with E-state index in [0.29, 0.717) is 16.7 Å². The number of anilines is 1. The Morgan fingerprint density at radius 2 is 2.11 bits per heavy atom. The third kappa shape index (κ3) is 3.73. The van der Waals surface area contributed by atoms with Gasteiger partial charge in [-0.2, -0.15) is 0 Å². The third-order valence-electron chi connectivity index (χ3n) is 6.15. The van der Waals surface area contributed by atoms with Crippen LogP contribution >= 0.6 is 11.3 Å². The molecule has 2 atom stereocenters. The molecule has 5 nitrogen and oxygen atoms in total. The lowest BCUT2D eigenvalue weighted by Gasteiger charge is -2.29. The summed E-state index contributed by atoms with van der Waals surface area (Å²) in [7, 11) is 0. The first-order chi connectivity index (χ1) is 13.1. The van der Waals surface area contributed by atoms with Gasteiger partial charge in [0.1, 0.15) is 5.69 Å². The number of nitrogens with two attached hydrogens (primary N) is 1. The van der Waals surface area contributed by atoms with E-state index in [2.05, 4.69) is 47.1 Å². The van der Waals surface area contributed by atoms with E-state index < -0.39 is 0 Å². The van der Waals surface area contributed by atoms with E-state index in [0.717, 1.165) is 45.6 Å². The Balaban J connectivity index is 1.50. The number of likely N-dealkylation sites (tertiary alicyclic amines) is 2. The highest BCUT2D eigenvalue weighted by Crippen LogP contribution is 2.46. The summed E-state index contributed by atoms with van der Waals surface area (Å²) in [6, 6.07) is 10.7. The van der Waals surface area contributed by atoms with Crippen molar-refractivity contribution in [2.24, 2.45) is 11.3 Å². The molecular formula is C21H28N4OS. The summed E-state index contributed by atoms with van der Waals surface area (Å²) < 4.78 is 0. The Labute approximate surface area is 165 Å². The van der Waals surface area contributed by atoms with Crippen molar-refractivity contribution in [2.45, 2.75) is 26.2 Å². The zero-order valence-corrected chi connectivity index (χ0v) is 16.8. The summed E-state index contributed by atoms with van der Waals surface area (Å²) in [4.78, 5) is 21.7. The predicted octanol–water partition coefficient (Wildman–Crippen LogP) is 3.14. The smallest absolute Gasteiger partial charge is 0.273 e. The van der Waals surface area contributed by atoms with Crippen molar-refractivity contribution in [3.63, 3.8) is 0 Å². The lowest BCUT2D eigenvalue weighted by atomic mass is 9.76. The van der Waals surface area contributed by atoms with Gasteiger partial charge in [-0.1, -0.05) is 37.3 Å². The third-order valence-corrected chi connectivity index (χ3v) is 6.83. The standard InChI is InChI=1S/C21H28N4OS/c1-2-10-24-11-17-12-25(19(26)18-13-27-20(22)23-18)15-21(17,14-24)9-8-16-6-4-3-5-7-16/h3-7,13,17H,2,8-12,14-15H2,1H3,(H2,22,23). The lowest BCUT2D eigenvalue weighted by molar-refractivity contribution is 0.0751. The van der Waals surface area contributed by atoms with Crippen LogP contribution in [0.15, 0.2) is 35.7 Å². The Hall–Kier alpha value is -1.92. The molecule has 0 radical (unpaired) electrons. The molecule has 0 bridgehead atoms. The van der Waals surface area contributed by atoms with Crippen molar-refractivity contribution >= 4 is 22.4 Å². The molecule has 144 valence electrons. The van der Waals surface area contributed by atoms with Gasteiger partial charge in [0, 0.05) is 37.0 Å². The normalized spacial score (nSPS) is 25.1. The molecule has 2 fully saturated rings. The van der Waals surface area contributed by atoms with Gasteiger partial charge in [0.15, 0.2) is 5.13 Å². The van der Waals surface area contributed by atoms with Crippen molar-refractivity contribution < 1.29 is 4.79 Å². The molecule has 1 aromatic heterocycles. The van der Waals surface area contributed by atoms with E-state index in [-0.39, 0.29) is 11.3 Å². The van der Waals surface area contributed by atoms with Crippen molar-refractivity contribution in [1.82, 2.24) is 14.8 Å². The van der Waals surface area contributed by atoms with E-state index >= 15 is 0 Å². The molecule has 6 heteroatoms. The van der Waals surface area contributed by atoms with E-state index in [4.69, 9.17) is 5.73 Å². The van der Waals surface area contributed by atoms with Gasteiger partial charge in [-0.15, -0.1) is 11.3 Å². The average Bonchev–Trinajstić information content (AvgIpc) is 3.33. The fraction of sp³-hybridized carbons (Fsp3) is 0.524. The Bertz CT molecular complexity index is 792. The topological polar surface area (TPSA) is 62.5 Å². The first-order valence-electron chi connectivity index (χ1n) is 9.86. The Morgan fingerprint density at radius 3 is 2.81 bits per heavy atom. The molecule has 2 N–H and O–H groups in total. The van der Waals surface area contributed by atoms with Crippen LogP contribution in [0.3, 0.4) is 0 Å². The van der Waals surface area contributed by atoms with Gasteiger partial charge in [0.05, 0.1) is 0 Å². The second kappa shape index (κ2) is 7.60. The molecule has 2 saturated heterocycles. The Morgan fingerprint density at radius 1 is 1.30 bits per heavy atom. The van der Waals surface area contributed by atoms with Crippen molar-refractivity contribution in [3.8, 4) is 0 Å². The second-order valence-electron chi connectivity index (χ2n) is 8.04. The molecule has 2 aliphatic rings. The summed E-state index contributed by atoms with van der Waals surface area (Å²) >= 11 is 1.34. The zero-order chi connectivity index (χ0) is 18.9. The number of amides is 1. The number of hydrogen-bond acceptors (Lipinski definition) is 5. The first-order valence-corrected chi connectivity index (χ1v) is 10.7. The molecule has 27 heavy (non-hydrogen) atoms. The van der Waals surface area contributed by atoms with Crippen LogP contribution in [0.5, 0.6) is 0 Å². The molecule has 2 unspecified atom stereocenters. The summed E-state index contributed by atoms with van der Waals surface area (Å²) in [6.45, 7) is 7.27. The summed E-state index contributed by atoms with van der Waals surface area (Å²) in [5.41, 5.74) is 7.81. The van der Waals surface area contributed by atoms with Crippen molar-refractivity contribution in [1.29, 1.82) is 0 Å². The average molecular weight is 385 g/mol. The molecule has 1 amide bonds. The fourth-order valence-corrected chi connectivity index (χ4v) is 5.41. The molecule has 1 aromatic carbocycles. The second-order valence-corrected chi connectivity index (χ2v) is 8.93. The van der Waals surface area contributed by atoms with Crippen LogP contribution in [0.25, 0.3) is 0 Å². The van der Waals surface area contributed by atoms with Crippen molar-refractivity contribution in [3.05, 3.63) is 47.0 Å². The maximum absolute atomic E-state index is 12.9. The lowest BCUT2D eigenvalue weighted by Crippen LogP contribution is -2.37. The Kier molecular flexibility index (Phi) is 5.19. The van der Waals surface area contributed by atoms with E-state index in [1.165, 1.54) is 23.3 Å². The summed E-state index contributed by atoms with van der Waals surface area (Å²) in [5.74, 6) is 0.589. The highest BCUT2D eigenvalue weighted by molar-refractivity contribution is 7.13. The van der Waals surface area contributed by atoms with E-state index in [1.54, 1.807) is 5.38 Å². The number of aryl methyl sites for hydroxylation is 1. The van der Waals surface area contributed by atoms with Gasteiger partial charge in [-0.3, -0.25) is 4.79 Å². The van der Waals surface area contributed by atoms with Crippen LogP contribution in [-0.4, -0.2) is 53.4 Å². The zero-order valence-electron chi connectivity index (χ0n) is 15.9. The van der Waals surface area contributed by atoms with E-state index in [9.17, 15) is 4.79 Å². The highest BCUT2D eigenvalue weighted by Gasteiger charge is 2.52. The molecular weight excluding hydrogens is 356 g/mol. The number of benzene rings is 1. The summed E-state index contributed by atoms with van der Waals surface area (Å²) in [6.07, 6.45) is 3.39. The van der Waals surface area contributed by atoms with Gasteiger partial charge < -0.3 is 15.5 Å². The fourth-order valence-electron chi connectivity index (χ4n) is 4.87. The van der Waals surface area contributed by atoms with Crippen molar-refractivity contribution in [2.75, 3.05) is 38.5 Å². The predicted molar refractivity (Wildman–Crippen MR) is 110 cm³/mol. The molecule has 0 aliphatic carbocycles. The number of carbonyl (C=O) groups is 1. The molecule has 3 heterocycles.